The summed E-state index contributed by atoms with van der Waals surface area (Å²) in [5.74, 6) is -0.628. The molecule has 0 atom stereocenters. The number of nitrogens with two attached hydrogens (primary N) is 1. The summed E-state index contributed by atoms with van der Waals surface area (Å²) in [6.07, 6.45) is 1.84. The fourth-order valence-corrected chi connectivity index (χ4v) is 0.932. The molecule has 0 aliphatic carbocycles. The van der Waals surface area contributed by atoms with E-state index in [0.717, 1.165) is 5.56 Å². The molecule has 0 fully saturated rings. The molecule has 1 nitrogen and oxygen atoms in total. The van der Waals surface area contributed by atoms with Crippen LogP contribution in [0.15, 0.2) is 36.2 Å². The van der Waals surface area contributed by atoms with Gasteiger partial charge >= 0.3 is 0 Å². The zero-order chi connectivity index (χ0) is 9.68. The van der Waals surface area contributed by atoms with Gasteiger partial charge in [0.25, 0.3) is 0 Å². The monoisotopic (exact) mass is 219 g/mol. The van der Waals surface area contributed by atoms with Gasteiger partial charge in [-0.1, -0.05) is 12.1 Å². The van der Waals surface area contributed by atoms with E-state index in [4.69, 9.17) is 5.73 Å². The molecule has 0 unspecified atom stereocenters. The van der Waals surface area contributed by atoms with Crippen LogP contribution in [0.5, 0.6) is 0 Å². The van der Waals surface area contributed by atoms with Gasteiger partial charge in [-0.05, 0) is 30.2 Å². The second kappa shape index (κ2) is 6.51. The summed E-state index contributed by atoms with van der Waals surface area (Å²) >= 11 is 0. The molecule has 78 valence electrons. The molecule has 0 radical (unpaired) electrons. The molecular weight excluding hydrogens is 208 g/mol. The molecule has 4 heteroatoms. The average Bonchev–Trinajstić information content (AvgIpc) is 2.16. The van der Waals surface area contributed by atoms with E-state index in [2.05, 4.69) is 0 Å². The Hall–Kier alpha value is -0.930. The van der Waals surface area contributed by atoms with Gasteiger partial charge in [0.15, 0.2) is 0 Å². The lowest BCUT2D eigenvalue weighted by Gasteiger charge is -1.96. The number of allylic oxidation sites excluding steroid dienone is 1. The number of hydrogen-bond acceptors (Lipinski definition) is 1. The Morgan fingerprint density at radius 3 is 2.36 bits per heavy atom. The first-order valence-electron chi connectivity index (χ1n) is 4.01. The average molecular weight is 220 g/mol. The molecule has 0 spiro atoms. The van der Waals surface area contributed by atoms with Crippen molar-refractivity contribution in [3.8, 4) is 0 Å². The van der Waals surface area contributed by atoms with Gasteiger partial charge in [0.05, 0.1) is 0 Å². The van der Waals surface area contributed by atoms with Gasteiger partial charge in [0, 0.05) is 6.54 Å². The van der Waals surface area contributed by atoms with Crippen LogP contribution in [0.3, 0.4) is 0 Å². The predicted octanol–water partition coefficient (Wildman–Crippen LogP) is 2.60. The summed E-state index contributed by atoms with van der Waals surface area (Å²) in [7, 11) is 0. The van der Waals surface area contributed by atoms with Crippen molar-refractivity contribution < 1.29 is 8.78 Å². The van der Waals surface area contributed by atoms with Crippen LogP contribution in [0.1, 0.15) is 5.56 Å². The second-order valence-corrected chi connectivity index (χ2v) is 2.69. The van der Waals surface area contributed by atoms with Crippen molar-refractivity contribution in [3.05, 3.63) is 47.5 Å². The topological polar surface area (TPSA) is 26.0 Å². The highest BCUT2D eigenvalue weighted by atomic mass is 35.5. The maximum Gasteiger partial charge on any atom is 0.123 e. The van der Waals surface area contributed by atoms with E-state index in [1.54, 1.807) is 12.1 Å². The van der Waals surface area contributed by atoms with Crippen LogP contribution in [0.4, 0.5) is 8.78 Å². The Bertz CT molecular complexity index is 295. The third-order valence-corrected chi connectivity index (χ3v) is 1.67. The molecule has 14 heavy (non-hydrogen) atoms. The normalized spacial score (nSPS) is 10.9. The van der Waals surface area contributed by atoms with Gasteiger partial charge in [0.1, 0.15) is 11.6 Å². The molecule has 1 rings (SSSR count). The molecule has 0 amide bonds. The Morgan fingerprint density at radius 1 is 1.29 bits per heavy atom. The standard InChI is InChI=1S/C10H11F2N.ClH/c11-9-4-1-8(2-5-9)3-6-10(12)7-13;/h1-2,4-6H,3,7,13H2;1H/b10-6-;. The summed E-state index contributed by atoms with van der Waals surface area (Å²) < 4.78 is 25.0. The van der Waals surface area contributed by atoms with Gasteiger partial charge in [-0.2, -0.15) is 0 Å². The van der Waals surface area contributed by atoms with Crippen molar-refractivity contribution in [2.75, 3.05) is 6.54 Å². The van der Waals surface area contributed by atoms with Crippen molar-refractivity contribution in [2.24, 2.45) is 5.73 Å². The van der Waals surface area contributed by atoms with E-state index in [-0.39, 0.29) is 30.6 Å². The van der Waals surface area contributed by atoms with Crippen LogP contribution >= 0.6 is 12.4 Å². The minimum Gasteiger partial charge on any atom is -0.325 e. The largest absolute Gasteiger partial charge is 0.325 e. The zero-order valence-electron chi connectivity index (χ0n) is 7.54. The molecular formula is C10H12ClF2N. The number of benzene rings is 1. The van der Waals surface area contributed by atoms with E-state index in [1.807, 2.05) is 0 Å². The highest BCUT2D eigenvalue weighted by molar-refractivity contribution is 5.85. The van der Waals surface area contributed by atoms with Crippen LogP contribution in [0.2, 0.25) is 0 Å². The Morgan fingerprint density at radius 2 is 1.86 bits per heavy atom. The summed E-state index contributed by atoms with van der Waals surface area (Å²) in [6, 6.07) is 5.94. The molecule has 0 aromatic heterocycles. The SMILES string of the molecule is Cl.NC/C(F)=C/Cc1ccc(F)cc1. The third kappa shape index (κ3) is 4.35. The first-order chi connectivity index (χ1) is 6.22. The third-order valence-electron chi connectivity index (χ3n) is 1.67. The van der Waals surface area contributed by atoms with Crippen LogP contribution in [-0.4, -0.2) is 6.54 Å². The van der Waals surface area contributed by atoms with Gasteiger partial charge in [0.2, 0.25) is 0 Å². The Kier molecular flexibility index (Phi) is 6.08. The molecule has 1 aromatic rings. The fourth-order valence-electron chi connectivity index (χ4n) is 0.932. The highest BCUT2D eigenvalue weighted by Gasteiger charge is 1.93. The van der Waals surface area contributed by atoms with Gasteiger partial charge in [-0.25, -0.2) is 8.78 Å². The van der Waals surface area contributed by atoms with Crippen LogP contribution in [0.25, 0.3) is 0 Å². The van der Waals surface area contributed by atoms with E-state index in [0.29, 0.717) is 6.42 Å². The van der Waals surface area contributed by atoms with Crippen molar-refractivity contribution in [2.45, 2.75) is 6.42 Å². The maximum absolute atomic E-state index is 12.6. The van der Waals surface area contributed by atoms with Crippen LogP contribution in [-0.2, 0) is 6.42 Å². The minimum absolute atomic E-state index is 0. The Balaban J connectivity index is 0.00000169. The summed E-state index contributed by atoms with van der Waals surface area (Å²) in [4.78, 5) is 0. The molecule has 0 saturated carbocycles. The molecule has 1 aromatic carbocycles. The van der Waals surface area contributed by atoms with E-state index in [1.165, 1.54) is 18.2 Å². The number of hydrogen-bond donors (Lipinski definition) is 1. The van der Waals surface area contributed by atoms with Gasteiger partial charge in [-0.3, -0.25) is 0 Å². The molecule has 0 heterocycles. The molecule has 0 aliphatic rings. The number of halogens is 3. The van der Waals surface area contributed by atoms with Crippen molar-refractivity contribution >= 4 is 12.4 Å². The molecule has 0 bridgehead atoms. The minimum atomic E-state index is -0.343. The molecule has 2 N–H and O–H groups in total. The first-order valence-corrected chi connectivity index (χ1v) is 4.01. The van der Waals surface area contributed by atoms with Gasteiger partial charge < -0.3 is 5.73 Å². The zero-order valence-corrected chi connectivity index (χ0v) is 8.36. The van der Waals surface area contributed by atoms with Crippen LogP contribution in [0, 0.1) is 5.82 Å². The predicted molar refractivity (Wildman–Crippen MR) is 55.6 cm³/mol. The first kappa shape index (κ1) is 13.1. The van der Waals surface area contributed by atoms with E-state index in [9.17, 15) is 8.78 Å². The maximum atomic E-state index is 12.6. The Labute approximate surface area is 88.0 Å². The fraction of sp³-hybridized carbons (Fsp3) is 0.200. The molecule has 0 aliphatic heterocycles. The number of rotatable bonds is 3. The van der Waals surface area contributed by atoms with Gasteiger partial charge in [-0.15, -0.1) is 12.4 Å². The lowest BCUT2D eigenvalue weighted by atomic mass is 10.1. The van der Waals surface area contributed by atoms with Crippen LogP contribution < -0.4 is 5.73 Å². The lowest BCUT2D eigenvalue weighted by molar-refractivity contribution is 0.613. The summed E-state index contributed by atoms with van der Waals surface area (Å²) in [5, 5.41) is 0. The quantitative estimate of drug-likeness (QED) is 0.831. The second-order valence-electron chi connectivity index (χ2n) is 2.69. The molecule has 0 saturated heterocycles. The van der Waals surface area contributed by atoms with E-state index >= 15 is 0 Å². The summed E-state index contributed by atoms with van der Waals surface area (Å²) in [5.41, 5.74) is 5.92. The highest BCUT2D eigenvalue weighted by Crippen LogP contribution is 2.05. The summed E-state index contributed by atoms with van der Waals surface area (Å²) in [6.45, 7) is -0.0821. The smallest absolute Gasteiger partial charge is 0.123 e. The van der Waals surface area contributed by atoms with E-state index < -0.39 is 0 Å². The van der Waals surface area contributed by atoms with Crippen molar-refractivity contribution in [1.82, 2.24) is 0 Å². The van der Waals surface area contributed by atoms with Crippen molar-refractivity contribution in [1.29, 1.82) is 0 Å². The lowest BCUT2D eigenvalue weighted by Crippen LogP contribution is -1.99. The van der Waals surface area contributed by atoms with Crippen molar-refractivity contribution in [3.63, 3.8) is 0 Å².